The highest BCUT2D eigenvalue weighted by Gasteiger charge is 2.11. The van der Waals surface area contributed by atoms with Crippen LogP contribution >= 0.6 is 15.9 Å². The summed E-state index contributed by atoms with van der Waals surface area (Å²) in [6.07, 6.45) is 4.02. The van der Waals surface area contributed by atoms with Crippen LogP contribution in [0.2, 0.25) is 0 Å². The van der Waals surface area contributed by atoms with Gasteiger partial charge in [0.25, 0.3) is 0 Å². The summed E-state index contributed by atoms with van der Waals surface area (Å²) in [4.78, 5) is 12.2. The highest BCUT2D eigenvalue weighted by Crippen LogP contribution is 2.32. The van der Waals surface area contributed by atoms with Crippen LogP contribution in [0, 0.1) is 0 Å². The van der Waals surface area contributed by atoms with Crippen molar-refractivity contribution in [1.29, 1.82) is 0 Å². The quantitative estimate of drug-likeness (QED) is 0.774. The molecular weight excluding hydrogens is 386 g/mol. The number of ether oxygens (including phenoxy) is 3. The molecule has 0 bridgehead atoms. The monoisotopic (exact) mass is 403 g/mol. The Balaban J connectivity index is 1.70. The van der Waals surface area contributed by atoms with Crippen LogP contribution in [0.5, 0.6) is 17.2 Å². The molecule has 1 aliphatic rings. The zero-order valence-corrected chi connectivity index (χ0v) is 15.3. The number of rotatable bonds is 4. The number of hydrogen-bond acceptors (Lipinski definition) is 4. The molecule has 1 amide bonds. The average Bonchev–Trinajstić information content (AvgIpc) is 2.85. The Kier molecular flexibility index (Phi) is 5.60. The van der Waals surface area contributed by atoms with Crippen molar-refractivity contribution < 1.29 is 19.0 Å². The third-order valence-electron chi connectivity index (χ3n) is 3.62. The van der Waals surface area contributed by atoms with Crippen LogP contribution < -0.4 is 19.5 Å². The Labute approximate surface area is 154 Å². The van der Waals surface area contributed by atoms with Gasteiger partial charge < -0.3 is 19.5 Å². The van der Waals surface area contributed by atoms with E-state index in [-0.39, 0.29) is 5.91 Å². The number of carbonyl (C=O) groups excluding carboxylic acids is 1. The fraction of sp³-hybridized carbons (Fsp3) is 0.211. The molecule has 1 aliphatic heterocycles. The second-order valence-corrected chi connectivity index (χ2v) is 6.34. The minimum absolute atomic E-state index is 0.239. The van der Waals surface area contributed by atoms with Crippen molar-refractivity contribution in [2.24, 2.45) is 0 Å². The molecule has 0 spiro atoms. The summed E-state index contributed by atoms with van der Waals surface area (Å²) in [6.45, 7) is 1.24. The lowest BCUT2D eigenvalue weighted by Gasteiger charge is -2.09. The van der Waals surface area contributed by atoms with Gasteiger partial charge in [-0.2, -0.15) is 0 Å². The first kappa shape index (κ1) is 17.4. The number of halogens is 1. The van der Waals surface area contributed by atoms with Gasteiger partial charge in [0, 0.05) is 34.3 Å². The van der Waals surface area contributed by atoms with Crippen molar-refractivity contribution in [3.63, 3.8) is 0 Å². The molecule has 130 valence electrons. The van der Waals surface area contributed by atoms with Crippen molar-refractivity contribution in [3.05, 3.63) is 52.5 Å². The van der Waals surface area contributed by atoms with Gasteiger partial charge in [-0.15, -0.1) is 0 Å². The number of methoxy groups -OCH3 is 1. The first-order chi connectivity index (χ1) is 12.2. The van der Waals surface area contributed by atoms with E-state index in [9.17, 15) is 4.79 Å². The van der Waals surface area contributed by atoms with Crippen molar-refractivity contribution in [1.82, 2.24) is 0 Å². The third-order valence-corrected chi connectivity index (χ3v) is 4.11. The fourth-order valence-electron chi connectivity index (χ4n) is 2.43. The van der Waals surface area contributed by atoms with Crippen LogP contribution in [-0.4, -0.2) is 26.2 Å². The molecule has 0 fully saturated rings. The van der Waals surface area contributed by atoms with Crippen molar-refractivity contribution in [3.8, 4) is 17.2 Å². The zero-order chi connectivity index (χ0) is 17.6. The van der Waals surface area contributed by atoms with Crippen LogP contribution in [0.1, 0.15) is 12.0 Å². The number of anilines is 1. The lowest BCUT2D eigenvalue weighted by Crippen LogP contribution is -2.08. The predicted octanol–water partition coefficient (Wildman–Crippen LogP) is 4.27. The summed E-state index contributed by atoms with van der Waals surface area (Å²) in [5.41, 5.74) is 1.46. The number of hydrogen-bond donors (Lipinski definition) is 1. The summed E-state index contributed by atoms with van der Waals surface area (Å²) in [5.74, 6) is 1.80. The van der Waals surface area contributed by atoms with E-state index in [1.807, 2.05) is 18.2 Å². The van der Waals surface area contributed by atoms with Gasteiger partial charge >= 0.3 is 0 Å². The first-order valence-electron chi connectivity index (χ1n) is 7.88. The molecule has 0 saturated carbocycles. The molecule has 0 radical (unpaired) electrons. The molecule has 6 heteroatoms. The maximum atomic E-state index is 12.2. The Bertz CT molecular complexity index is 804. The number of carbonyl (C=O) groups is 1. The van der Waals surface area contributed by atoms with Crippen LogP contribution in [-0.2, 0) is 4.79 Å². The van der Waals surface area contributed by atoms with Gasteiger partial charge in [-0.1, -0.05) is 15.9 Å². The standard InChI is InChI=1S/C19H18BrNO4/c1-23-16-6-4-14(20)11-13(16)3-8-19(22)21-15-5-7-17-18(12-15)25-10-2-9-24-17/h3-8,11-12H,2,9-10H2,1H3,(H,21,22)/b8-3+. The van der Waals surface area contributed by atoms with Gasteiger partial charge in [-0.25, -0.2) is 0 Å². The molecule has 0 saturated heterocycles. The summed E-state index contributed by atoms with van der Waals surface area (Å²) in [7, 11) is 1.60. The zero-order valence-electron chi connectivity index (χ0n) is 13.8. The smallest absolute Gasteiger partial charge is 0.248 e. The van der Waals surface area contributed by atoms with E-state index < -0.39 is 0 Å². The van der Waals surface area contributed by atoms with Crippen molar-refractivity contribution in [2.45, 2.75) is 6.42 Å². The largest absolute Gasteiger partial charge is 0.496 e. The molecular formula is C19H18BrNO4. The Morgan fingerprint density at radius 3 is 2.76 bits per heavy atom. The Morgan fingerprint density at radius 2 is 1.96 bits per heavy atom. The van der Waals surface area contributed by atoms with Gasteiger partial charge in [-0.3, -0.25) is 4.79 Å². The van der Waals surface area contributed by atoms with E-state index in [2.05, 4.69) is 21.2 Å². The van der Waals surface area contributed by atoms with Gasteiger partial charge in [0.15, 0.2) is 11.5 Å². The van der Waals surface area contributed by atoms with Crippen LogP contribution in [0.3, 0.4) is 0 Å². The lowest BCUT2D eigenvalue weighted by molar-refractivity contribution is -0.111. The number of nitrogens with one attached hydrogen (secondary N) is 1. The second-order valence-electron chi connectivity index (χ2n) is 5.42. The molecule has 2 aromatic rings. The van der Waals surface area contributed by atoms with E-state index in [0.717, 1.165) is 16.5 Å². The Hall–Kier alpha value is -2.47. The first-order valence-corrected chi connectivity index (χ1v) is 8.67. The van der Waals surface area contributed by atoms with Gasteiger partial charge in [-0.05, 0) is 36.4 Å². The predicted molar refractivity (Wildman–Crippen MR) is 100 cm³/mol. The molecule has 1 N–H and O–H groups in total. The van der Waals surface area contributed by atoms with Crippen LogP contribution in [0.4, 0.5) is 5.69 Å². The third kappa shape index (κ3) is 4.54. The molecule has 3 rings (SSSR count). The van der Waals surface area contributed by atoms with E-state index in [0.29, 0.717) is 36.1 Å². The van der Waals surface area contributed by atoms with Gasteiger partial charge in [0.1, 0.15) is 5.75 Å². The van der Waals surface area contributed by atoms with E-state index >= 15 is 0 Å². The van der Waals surface area contributed by atoms with Crippen molar-refractivity contribution >= 4 is 33.6 Å². The van der Waals surface area contributed by atoms with Gasteiger partial charge in [0.05, 0.1) is 20.3 Å². The average molecular weight is 404 g/mol. The minimum Gasteiger partial charge on any atom is -0.496 e. The molecule has 0 aromatic heterocycles. The topological polar surface area (TPSA) is 56.8 Å². The fourth-order valence-corrected chi connectivity index (χ4v) is 2.80. The maximum Gasteiger partial charge on any atom is 0.248 e. The normalized spacial score (nSPS) is 13.4. The Morgan fingerprint density at radius 1 is 1.16 bits per heavy atom. The van der Waals surface area contributed by atoms with Crippen LogP contribution in [0.15, 0.2) is 46.9 Å². The van der Waals surface area contributed by atoms with Crippen LogP contribution in [0.25, 0.3) is 6.08 Å². The summed E-state index contributed by atoms with van der Waals surface area (Å²) in [5, 5.41) is 2.82. The number of benzene rings is 2. The summed E-state index contributed by atoms with van der Waals surface area (Å²) < 4.78 is 17.4. The van der Waals surface area contributed by atoms with Crippen molar-refractivity contribution in [2.75, 3.05) is 25.6 Å². The highest BCUT2D eigenvalue weighted by molar-refractivity contribution is 9.10. The molecule has 0 atom stereocenters. The molecule has 5 nitrogen and oxygen atoms in total. The molecule has 0 unspecified atom stereocenters. The second kappa shape index (κ2) is 8.07. The number of fused-ring (bicyclic) bond motifs is 1. The molecule has 0 aliphatic carbocycles. The molecule has 2 aromatic carbocycles. The number of amides is 1. The van der Waals surface area contributed by atoms with E-state index in [1.165, 1.54) is 6.08 Å². The summed E-state index contributed by atoms with van der Waals surface area (Å²) in [6, 6.07) is 11.0. The van der Waals surface area contributed by atoms with Gasteiger partial charge in [0.2, 0.25) is 5.91 Å². The lowest BCUT2D eigenvalue weighted by atomic mass is 10.2. The van der Waals surface area contributed by atoms with E-state index in [4.69, 9.17) is 14.2 Å². The maximum absolute atomic E-state index is 12.2. The van der Waals surface area contributed by atoms with E-state index in [1.54, 1.807) is 31.4 Å². The summed E-state index contributed by atoms with van der Waals surface area (Å²) >= 11 is 3.41. The molecule has 25 heavy (non-hydrogen) atoms. The SMILES string of the molecule is COc1ccc(Br)cc1/C=C/C(=O)Nc1ccc2c(c1)OCCCO2. The molecule has 1 heterocycles. The highest BCUT2D eigenvalue weighted by atomic mass is 79.9. The minimum atomic E-state index is -0.239.